The minimum absolute atomic E-state index is 0.705. The summed E-state index contributed by atoms with van der Waals surface area (Å²) in [7, 11) is 0. The van der Waals surface area contributed by atoms with E-state index < -0.39 is 0 Å². The van der Waals surface area contributed by atoms with Crippen LogP contribution in [0.2, 0.25) is 5.15 Å². The van der Waals surface area contributed by atoms with Crippen molar-refractivity contribution in [3.8, 4) is 0 Å². The number of pyridine rings is 1. The SMILES string of the molecule is Cc1cn2c(Cl)ccc(C)c2n1. The van der Waals surface area contributed by atoms with Crippen molar-refractivity contribution in [3.63, 3.8) is 0 Å². The van der Waals surface area contributed by atoms with E-state index in [-0.39, 0.29) is 0 Å². The summed E-state index contributed by atoms with van der Waals surface area (Å²) in [5.74, 6) is 0. The second kappa shape index (κ2) is 2.49. The maximum absolute atomic E-state index is 5.97. The molecule has 0 aliphatic heterocycles. The van der Waals surface area contributed by atoms with Gasteiger partial charge in [-0.1, -0.05) is 17.7 Å². The van der Waals surface area contributed by atoms with Crippen molar-refractivity contribution in [1.29, 1.82) is 0 Å². The van der Waals surface area contributed by atoms with Gasteiger partial charge < -0.3 is 0 Å². The Kier molecular flexibility index (Phi) is 1.58. The van der Waals surface area contributed by atoms with Gasteiger partial charge in [0.1, 0.15) is 10.8 Å². The number of hydrogen-bond donors (Lipinski definition) is 0. The lowest BCUT2D eigenvalue weighted by atomic mass is 10.3. The highest BCUT2D eigenvalue weighted by Crippen LogP contribution is 2.16. The van der Waals surface area contributed by atoms with E-state index in [0.29, 0.717) is 5.15 Å². The average Bonchev–Trinajstić information content (AvgIpc) is 2.41. The van der Waals surface area contributed by atoms with Gasteiger partial charge in [-0.05, 0) is 25.5 Å². The topological polar surface area (TPSA) is 17.3 Å². The minimum Gasteiger partial charge on any atom is -0.290 e. The standard InChI is InChI=1S/C9H9ClN2/c1-6-3-4-8(10)12-5-7(2)11-9(6)12/h3-5H,1-2H3. The minimum atomic E-state index is 0.705. The summed E-state index contributed by atoms with van der Waals surface area (Å²) in [5, 5.41) is 0.705. The Hall–Kier alpha value is -1.02. The van der Waals surface area contributed by atoms with Crippen LogP contribution in [-0.2, 0) is 0 Å². The van der Waals surface area contributed by atoms with E-state index in [1.54, 1.807) is 0 Å². The van der Waals surface area contributed by atoms with E-state index >= 15 is 0 Å². The van der Waals surface area contributed by atoms with Crippen LogP contribution in [0.15, 0.2) is 18.3 Å². The number of aryl methyl sites for hydroxylation is 2. The third-order valence-corrected chi connectivity index (χ3v) is 2.19. The molecular formula is C9H9ClN2. The molecular weight excluding hydrogens is 172 g/mol. The lowest BCUT2D eigenvalue weighted by molar-refractivity contribution is 1.16. The van der Waals surface area contributed by atoms with Gasteiger partial charge in [-0.2, -0.15) is 0 Å². The van der Waals surface area contributed by atoms with Crippen molar-refractivity contribution < 1.29 is 0 Å². The van der Waals surface area contributed by atoms with Gasteiger partial charge in [0, 0.05) is 6.20 Å². The average molecular weight is 181 g/mol. The zero-order valence-electron chi connectivity index (χ0n) is 7.00. The zero-order chi connectivity index (χ0) is 8.72. The molecule has 0 N–H and O–H groups in total. The largest absolute Gasteiger partial charge is 0.290 e. The van der Waals surface area contributed by atoms with Crippen molar-refractivity contribution in [2.45, 2.75) is 13.8 Å². The van der Waals surface area contributed by atoms with Crippen LogP contribution in [0.3, 0.4) is 0 Å². The first kappa shape index (κ1) is 7.62. The molecule has 0 aromatic carbocycles. The predicted molar refractivity (Wildman–Crippen MR) is 49.7 cm³/mol. The number of rotatable bonds is 0. The van der Waals surface area contributed by atoms with E-state index in [2.05, 4.69) is 4.98 Å². The molecule has 0 radical (unpaired) electrons. The Morgan fingerprint density at radius 3 is 2.75 bits per heavy atom. The molecule has 0 amide bonds. The molecule has 0 atom stereocenters. The lowest BCUT2D eigenvalue weighted by Gasteiger charge is -1.98. The van der Waals surface area contributed by atoms with Crippen LogP contribution >= 0.6 is 11.6 Å². The third kappa shape index (κ3) is 0.994. The van der Waals surface area contributed by atoms with Crippen LogP contribution in [-0.4, -0.2) is 9.38 Å². The van der Waals surface area contributed by atoms with Crippen molar-refractivity contribution in [2.75, 3.05) is 0 Å². The molecule has 2 aromatic rings. The first-order valence-corrected chi connectivity index (χ1v) is 4.17. The lowest BCUT2D eigenvalue weighted by Crippen LogP contribution is -1.87. The van der Waals surface area contributed by atoms with E-state index in [1.165, 1.54) is 0 Å². The zero-order valence-corrected chi connectivity index (χ0v) is 7.76. The van der Waals surface area contributed by atoms with Gasteiger partial charge in [-0.15, -0.1) is 0 Å². The highest BCUT2D eigenvalue weighted by atomic mass is 35.5. The third-order valence-electron chi connectivity index (χ3n) is 1.88. The second-order valence-corrected chi connectivity index (χ2v) is 3.30. The maximum Gasteiger partial charge on any atom is 0.141 e. The molecule has 2 heterocycles. The summed E-state index contributed by atoms with van der Waals surface area (Å²) in [4.78, 5) is 4.35. The van der Waals surface area contributed by atoms with Gasteiger partial charge in [0.15, 0.2) is 0 Å². The number of fused-ring (bicyclic) bond motifs is 1. The molecule has 62 valence electrons. The molecule has 0 fully saturated rings. The number of halogens is 1. The van der Waals surface area contributed by atoms with Crippen LogP contribution in [0, 0.1) is 13.8 Å². The van der Waals surface area contributed by atoms with Crippen LogP contribution in [0.4, 0.5) is 0 Å². The fourth-order valence-corrected chi connectivity index (χ4v) is 1.48. The molecule has 12 heavy (non-hydrogen) atoms. The van der Waals surface area contributed by atoms with Crippen molar-refractivity contribution in [3.05, 3.63) is 34.7 Å². The normalized spacial score (nSPS) is 10.9. The van der Waals surface area contributed by atoms with Crippen molar-refractivity contribution >= 4 is 17.2 Å². The van der Waals surface area contributed by atoms with Crippen molar-refractivity contribution in [1.82, 2.24) is 9.38 Å². The van der Waals surface area contributed by atoms with Gasteiger partial charge in [-0.25, -0.2) is 4.98 Å². The van der Waals surface area contributed by atoms with Crippen LogP contribution < -0.4 is 0 Å². The van der Waals surface area contributed by atoms with Crippen LogP contribution in [0.5, 0.6) is 0 Å². The van der Waals surface area contributed by atoms with E-state index in [1.807, 2.05) is 36.6 Å². The molecule has 0 aliphatic rings. The van der Waals surface area contributed by atoms with E-state index in [9.17, 15) is 0 Å². The van der Waals surface area contributed by atoms with Crippen LogP contribution in [0.25, 0.3) is 5.65 Å². The van der Waals surface area contributed by atoms with Crippen LogP contribution in [0.1, 0.15) is 11.3 Å². The molecule has 0 aliphatic carbocycles. The van der Waals surface area contributed by atoms with E-state index in [4.69, 9.17) is 11.6 Å². The Morgan fingerprint density at radius 1 is 1.33 bits per heavy atom. The summed E-state index contributed by atoms with van der Waals surface area (Å²) in [6.45, 7) is 3.99. The number of aromatic nitrogens is 2. The quantitative estimate of drug-likeness (QED) is 0.570. The molecule has 0 unspecified atom stereocenters. The van der Waals surface area contributed by atoms with Gasteiger partial charge in [0.25, 0.3) is 0 Å². The Labute approximate surface area is 75.8 Å². The highest BCUT2D eigenvalue weighted by molar-refractivity contribution is 6.29. The number of nitrogens with zero attached hydrogens (tertiary/aromatic N) is 2. The molecule has 0 spiro atoms. The molecule has 0 saturated carbocycles. The monoisotopic (exact) mass is 180 g/mol. The summed E-state index contributed by atoms with van der Waals surface area (Å²) >= 11 is 5.97. The summed E-state index contributed by atoms with van der Waals surface area (Å²) < 4.78 is 1.90. The molecule has 2 rings (SSSR count). The smallest absolute Gasteiger partial charge is 0.141 e. The second-order valence-electron chi connectivity index (χ2n) is 2.91. The first-order chi connectivity index (χ1) is 5.68. The van der Waals surface area contributed by atoms with Crippen molar-refractivity contribution in [2.24, 2.45) is 0 Å². The summed E-state index contributed by atoms with van der Waals surface area (Å²) in [6, 6.07) is 3.86. The molecule has 0 bridgehead atoms. The van der Waals surface area contributed by atoms with Gasteiger partial charge >= 0.3 is 0 Å². The molecule has 2 aromatic heterocycles. The van der Waals surface area contributed by atoms with Gasteiger partial charge in [-0.3, -0.25) is 4.40 Å². The molecule has 3 heteroatoms. The van der Waals surface area contributed by atoms with Gasteiger partial charge in [0.05, 0.1) is 5.69 Å². The maximum atomic E-state index is 5.97. The summed E-state index contributed by atoms with van der Waals surface area (Å²) in [6.07, 6.45) is 1.94. The Bertz CT molecular complexity index is 392. The van der Waals surface area contributed by atoms with Gasteiger partial charge in [0.2, 0.25) is 0 Å². The van der Waals surface area contributed by atoms with E-state index in [0.717, 1.165) is 16.9 Å². The summed E-state index contributed by atoms with van der Waals surface area (Å²) in [5.41, 5.74) is 3.08. The number of imidazole rings is 1. The Morgan fingerprint density at radius 2 is 2.08 bits per heavy atom. The highest BCUT2D eigenvalue weighted by Gasteiger charge is 2.02. The first-order valence-electron chi connectivity index (χ1n) is 3.79. The predicted octanol–water partition coefficient (Wildman–Crippen LogP) is 2.60. The Balaban J connectivity index is 2.93. The molecule has 0 saturated heterocycles. The fourth-order valence-electron chi connectivity index (χ4n) is 1.29. The molecule has 2 nitrogen and oxygen atoms in total. The fraction of sp³-hybridized carbons (Fsp3) is 0.222. The number of hydrogen-bond acceptors (Lipinski definition) is 1.